The fourth-order valence-electron chi connectivity index (χ4n) is 2.53. The summed E-state index contributed by atoms with van der Waals surface area (Å²) in [5.41, 5.74) is 1.28. The number of nitrogens with zero attached hydrogens (tertiary/aromatic N) is 1. The Hall–Kier alpha value is -0.900. The van der Waals surface area contributed by atoms with Crippen molar-refractivity contribution in [3.63, 3.8) is 0 Å². The van der Waals surface area contributed by atoms with Gasteiger partial charge in [0, 0.05) is 13.1 Å². The van der Waals surface area contributed by atoms with E-state index in [9.17, 15) is 5.11 Å². The molecule has 2 rings (SSSR count). The highest BCUT2D eigenvalue weighted by molar-refractivity contribution is 5.14. The smallest absolute Gasteiger partial charge is 0.0728 e. The summed E-state index contributed by atoms with van der Waals surface area (Å²) < 4.78 is 5.76. The molecule has 0 aliphatic carbocycles. The van der Waals surface area contributed by atoms with E-state index in [0.29, 0.717) is 0 Å². The highest BCUT2D eigenvalue weighted by atomic mass is 16.5. The van der Waals surface area contributed by atoms with Gasteiger partial charge in [0.1, 0.15) is 0 Å². The fraction of sp³-hybridized carbons (Fsp3) is 0.571. The average molecular weight is 235 g/mol. The third kappa shape index (κ3) is 3.06. The fourth-order valence-corrected chi connectivity index (χ4v) is 2.53. The molecular weight excluding hydrogens is 214 g/mol. The van der Waals surface area contributed by atoms with Gasteiger partial charge in [-0.2, -0.15) is 0 Å². The summed E-state index contributed by atoms with van der Waals surface area (Å²) in [6.07, 6.45) is 0.323. The highest BCUT2D eigenvalue weighted by Gasteiger charge is 2.31. The number of hydrogen-bond donors (Lipinski definition) is 1. The van der Waals surface area contributed by atoms with Crippen LogP contribution in [0.2, 0.25) is 0 Å². The summed E-state index contributed by atoms with van der Waals surface area (Å²) in [5.74, 6) is 0. The van der Waals surface area contributed by atoms with Crippen LogP contribution in [0.15, 0.2) is 30.3 Å². The molecule has 94 valence electrons. The van der Waals surface area contributed by atoms with Crippen molar-refractivity contribution in [1.82, 2.24) is 4.90 Å². The number of ether oxygens (including phenoxy) is 1. The van der Waals surface area contributed by atoms with Crippen molar-refractivity contribution >= 4 is 0 Å². The van der Waals surface area contributed by atoms with E-state index in [-0.39, 0.29) is 24.9 Å². The van der Waals surface area contributed by atoms with Crippen LogP contribution in [0, 0.1) is 0 Å². The average Bonchev–Trinajstić information content (AvgIpc) is 2.30. The molecule has 1 aliphatic heterocycles. The van der Waals surface area contributed by atoms with Crippen LogP contribution >= 0.6 is 0 Å². The first-order chi connectivity index (χ1) is 8.20. The minimum Gasteiger partial charge on any atom is -0.395 e. The van der Waals surface area contributed by atoms with E-state index in [1.807, 2.05) is 13.0 Å². The molecule has 1 heterocycles. The van der Waals surface area contributed by atoms with Gasteiger partial charge in [0.2, 0.25) is 0 Å². The molecule has 1 N–H and O–H groups in total. The van der Waals surface area contributed by atoms with Crippen molar-refractivity contribution < 1.29 is 9.84 Å². The van der Waals surface area contributed by atoms with Gasteiger partial charge in [-0.1, -0.05) is 30.3 Å². The van der Waals surface area contributed by atoms with Crippen LogP contribution in [0.5, 0.6) is 0 Å². The van der Waals surface area contributed by atoms with Crippen LogP contribution in [0.4, 0.5) is 0 Å². The van der Waals surface area contributed by atoms with E-state index in [1.54, 1.807) is 0 Å². The van der Waals surface area contributed by atoms with Gasteiger partial charge in [-0.05, 0) is 19.4 Å². The number of hydrogen-bond acceptors (Lipinski definition) is 3. The number of aliphatic hydroxyl groups excluding tert-OH is 1. The number of morpholine rings is 1. The Morgan fingerprint density at radius 2 is 2.00 bits per heavy atom. The van der Waals surface area contributed by atoms with Gasteiger partial charge < -0.3 is 9.84 Å². The Kier molecular flexibility index (Phi) is 4.15. The van der Waals surface area contributed by atoms with E-state index in [4.69, 9.17) is 4.74 Å². The predicted octanol–water partition coefficient (Wildman–Crippen LogP) is 1.66. The molecule has 0 aromatic heterocycles. The lowest BCUT2D eigenvalue weighted by Crippen LogP contribution is -2.54. The molecule has 17 heavy (non-hydrogen) atoms. The van der Waals surface area contributed by atoms with Gasteiger partial charge in [-0.3, -0.25) is 4.90 Å². The van der Waals surface area contributed by atoms with Crippen LogP contribution in [-0.2, 0) is 11.3 Å². The second-order valence-electron chi connectivity index (χ2n) is 4.82. The molecule has 3 atom stereocenters. The normalized spacial score (nSPS) is 30.4. The topological polar surface area (TPSA) is 32.7 Å². The number of aliphatic hydroxyl groups is 1. The Morgan fingerprint density at radius 1 is 1.29 bits per heavy atom. The van der Waals surface area contributed by atoms with Crippen molar-refractivity contribution in [2.45, 2.75) is 38.6 Å². The minimum atomic E-state index is 0.0902. The minimum absolute atomic E-state index is 0.0902. The van der Waals surface area contributed by atoms with E-state index in [2.05, 4.69) is 36.1 Å². The van der Waals surface area contributed by atoms with Gasteiger partial charge in [0.05, 0.1) is 24.9 Å². The molecule has 1 aliphatic rings. The lowest BCUT2D eigenvalue weighted by molar-refractivity contribution is -0.118. The van der Waals surface area contributed by atoms with Gasteiger partial charge in [-0.15, -0.1) is 0 Å². The molecule has 0 amide bonds. The highest BCUT2D eigenvalue weighted by Crippen LogP contribution is 2.20. The summed E-state index contributed by atoms with van der Waals surface area (Å²) in [4.78, 5) is 2.31. The maximum absolute atomic E-state index is 9.47. The molecule has 0 spiro atoms. The zero-order valence-corrected chi connectivity index (χ0v) is 10.5. The second-order valence-corrected chi connectivity index (χ2v) is 4.82. The molecule has 0 unspecified atom stereocenters. The Morgan fingerprint density at radius 3 is 2.65 bits per heavy atom. The molecule has 1 aromatic carbocycles. The molecule has 0 saturated carbocycles. The molecule has 3 heteroatoms. The van der Waals surface area contributed by atoms with Crippen molar-refractivity contribution in [2.24, 2.45) is 0 Å². The monoisotopic (exact) mass is 235 g/mol. The van der Waals surface area contributed by atoms with Crippen LogP contribution in [0.25, 0.3) is 0 Å². The van der Waals surface area contributed by atoms with Crippen molar-refractivity contribution in [1.29, 1.82) is 0 Å². The van der Waals surface area contributed by atoms with E-state index >= 15 is 0 Å². The zero-order chi connectivity index (χ0) is 12.3. The maximum Gasteiger partial charge on any atom is 0.0728 e. The molecule has 0 radical (unpaired) electrons. The molecule has 1 fully saturated rings. The quantitative estimate of drug-likeness (QED) is 0.865. The summed E-state index contributed by atoms with van der Waals surface area (Å²) in [7, 11) is 0. The van der Waals surface area contributed by atoms with Crippen LogP contribution in [0.1, 0.15) is 19.4 Å². The molecule has 3 nitrogen and oxygen atoms in total. The number of benzene rings is 1. The van der Waals surface area contributed by atoms with Gasteiger partial charge >= 0.3 is 0 Å². The van der Waals surface area contributed by atoms with E-state index < -0.39 is 0 Å². The predicted molar refractivity (Wildman–Crippen MR) is 67.7 cm³/mol. The Balaban J connectivity index is 2.07. The van der Waals surface area contributed by atoms with Crippen LogP contribution in [0.3, 0.4) is 0 Å². The first-order valence-electron chi connectivity index (χ1n) is 6.25. The van der Waals surface area contributed by atoms with Crippen molar-refractivity contribution in [3.05, 3.63) is 35.9 Å². The largest absolute Gasteiger partial charge is 0.395 e. The second kappa shape index (κ2) is 5.63. The van der Waals surface area contributed by atoms with Crippen LogP contribution < -0.4 is 0 Å². The van der Waals surface area contributed by atoms with Gasteiger partial charge in [0.15, 0.2) is 0 Å². The summed E-state index contributed by atoms with van der Waals surface area (Å²) in [6, 6.07) is 10.5. The first kappa shape index (κ1) is 12.6. The molecule has 1 saturated heterocycles. The van der Waals surface area contributed by atoms with Crippen LogP contribution in [-0.4, -0.2) is 41.4 Å². The summed E-state index contributed by atoms with van der Waals surface area (Å²) in [6.45, 7) is 6.03. The Labute approximate surface area is 103 Å². The molecular formula is C14H21NO2. The number of rotatable bonds is 3. The lowest BCUT2D eigenvalue weighted by atomic mass is 10.1. The first-order valence-corrected chi connectivity index (χ1v) is 6.25. The maximum atomic E-state index is 9.47. The van der Waals surface area contributed by atoms with E-state index in [1.165, 1.54) is 5.56 Å². The zero-order valence-electron chi connectivity index (χ0n) is 10.5. The molecule has 1 aromatic rings. The van der Waals surface area contributed by atoms with Gasteiger partial charge in [0.25, 0.3) is 0 Å². The van der Waals surface area contributed by atoms with Crippen molar-refractivity contribution in [2.75, 3.05) is 13.2 Å². The van der Waals surface area contributed by atoms with Crippen molar-refractivity contribution in [3.8, 4) is 0 Å². The van der Waals surface area contributed by atoms with Gasteiger partial charge in [-0.25, -0.2) is 0 Å². The standard InChI is InChI=1S/C14H21NO2/c1-11-8-15(14(10-16)12(2)17-11)9-13-6-4-3-5-7-13/h3-7,11-12,14,16H,8-10H2,1-2H3/t11-,12+,14-/m1/s1. The summed E-state index contributed by atoms with van der Waals surface area (Å²) in [5, 5.41) is 9.47. The SMILES string of the molecule is C[C@@H]1CN(Cc2ccccc2)[C@H](CO)[C@H](C)O1. The Bertz CT molecular complexity index is 341. The third-order valence-electron chi connectivity index (χ3n) is 3.36. The summed E-state index contributed by atoms with van der Waals surface area (Å²) >= 11 is 0. The van der Waals surface area contributed by atoms with E-state index in [0.717, 1.165) is 13.1 Å². The molecule has 0 bridgehead atoms. The third-order valence-corrected chi connectivity index (χ3v) is 3.36. The lowest BCUT2D eigenvalue weighted by Gasteiger charge is -2.42.